The van der Waals surface area contributed by atoms with Gasteiger partial charge in [-0.05, 0) is 311 Å². The summed E-state index contributed by atoms with van der Waals surface area (Å²) in [4.78, 5) is 0. The summed E-state index contributed by atoms with van der Waals surface area (Å²) in [5.41, 5.74) is 53.0. The highest BCUT2D eigenvalue weighted by atomic mass is 14.4. The van der Waals surface area contributed by atoms with Crippen molar-refractivity contribution in [3.63, 3.8) is 0 Å². The van der Waals surface area contributed by atoms with Crippen LogP contribution in [0.5, 0.6) is 0 Å². The van der Waals surface area contributed by atoms with E-state index in [1.54, 1.807) is 22.3 Å². The van der Waals surface area contributed by atoms with Gasteiger partial charge < -0.3 is 0 Å². The van der Waals surface area contributed by atoms with E-state index in [1.807, 2.05) is 0 Å². The molecule has 0 amide bonds. The van der Waals surface area contributed by atoms with Crippen molar-refractivity contribution in [1.29, 1.82) is 0 Å². The average molecular weight is 1270 g/mol. The third-order valence-corrected chi connectivity index (χ3v) is 24.1. The van der Waals surface area contributed by atoms with Crippen LogP contribution in [0.4, 0.5) is 0 Å². The molecule has 0 aromatic heterocycles. The quantitative estimate of drug-likeness (QED) is 0.142. The molecule has 0 heteroatoms. The number of hydrogen-bond donors (Lipinski definition) is 0. The Labute approximate surface area is 585 Å². The van der Waals surface area contributed by atoms with Crippen LogP contribution < -0.4 is 0 Å². The molecule has 8 aliphatic rings. The molecule has 0 unspecified atom stereocenters. The van der Waals surface area contributed by atoms with Crippen LogP contribution in [-0.4, -0.2) is 0 Å². The van der Waals surface area contributed by atoms with Gasteiger partial charge in [0.05, 0.1) is 0 Å². The second kappa shape index (κ2) is 22.0. The van der Waals surface area contributed by atoms with Gasteiger partial charge in [0, 0.05) is 0 Å². The van der Waals surface area contributed by atoms with Gasteiger partial charge in [0.2, 0.25) is 0 Å². The van der Waals surface area contributed by atoms with Gasteiger partial charge in [0.1, 0.15) is 0 Å². The van der Waals surface area contributed by atoms with Gasteiger partial charge in [0.25, 0.3) is 0 Å². The van der Waals surface area contributed by atoms with Crippen LogP contribution in [0.2, 0.25) is 0 Å². The molecular weight excluding hydrogens is 1200 g/mol. The SMILES string of the molecule is Cc1cc2c(c3ccccc13)-c1ccc3c(c1C2)-c1ccccc1C3.Cc1cc2c(c3ccccc13)-c1ccc3c(c1C2)Cc1ccccc1-3.Cc1ccc2c(c1)Cc1c-2ccc2c1Cc1ccc3ccccc3c1-2.Cc1ccc2c(c1)Cc1ccc3c(c1-2)Cc1ccc2ccccc2c1-3. The van der Waals surface area contributed by atoms with Crippen LogP contribution in [0, 0.1) is 27.7 Å². The summed E-state index contributed by atoms with van der Waals surface area (Å²) in [6.07, 6.45) is 8.60. The Balaban J connectivity index is 0.0000000873. The lowest BCUT2D eigenvalue weighted by molar-refractivity contribution is 1.16. The first-order valence-corrected chi connectivity index (χ1v) is 36.2. The predicted octanol–water partition coefficient (Wildman–Crippen LogP) is 25.2. The maximum atomic E-state index is 2.41. The van der Waals surface area contributed by atoms with E-state index in [-0.39, 0.29) is 0 Å². The molecule has 24 rings (SSSR count). The maximum absolute atomic E-state index is 2.41. The van der Waals surface area contributed by atoms with E-state index in [4.69, 9.17) is 0 Å². The van der Waals surface area contributed by atoms with E-state index < -0.39 is 0 Å². The van der Waals surface area contributed by atoms with E-state index in [2.05, 4.69) is 295 Å². The molecule has 0 saturated carbocycles. The van der Waals surface area contributed by atoms with Gasteiger partial charge in [0.15, 0.2) is 0 Å². The summed E-state index contributed by atoms with van der Waals surface area (Å²) in [7, 11) is 0. The molecule has 16 aromatic rings. The summed E-state index contributed by atoms with van der Waals surface area (Å²) >= 11 is 0. The van der Waals surface area contributed by atoms with Crippen molar-refractivity contribution in [3.05, 3.63) is 378 Å². The van der Waals surface area contributed by atoms with Gasteiger partial charge in [-0.15, -0.1) is 0 Å². The second-order valence-electron chi connectivity index (χ2n) is 29.7. The van der Waals surface area contributed by atoms with Crippen LogP contribution in [-0.2, 0) is 51.4 Å². The Morgan fingerprint density at radius 2 is 0.480 bits per heavy atom. The Bertz CT molecular complexity index is 6320. The van der Waals surface area contributed by atoms with Crippen LogP contribution in [0.15, 0.2) is 267 Å². The first-order chi connectivity index (χ1) is 49.2. The summed E-state index contributed by atoms with van der Waals surface area (Å²) in [5.74, 6) is 0. The maximum Gasteiger partial charge on any atom is -0.000685 e. The molecule has 100 heavy (non-hydrogen) atoms. The number of fused-ring (bicyclic) bond motifs is 36. The van der Waals surface area contributed by atoms with E-state index >= 15 is 0 Å². The monoisotopic (exact) mass is 1270 g/mol. The largest absolute Gasteiger partial charge is 0.0619 e. The Hall–Kier alpha value is -11.4. The van der Waals surface area contributed by atoms with Crippen molar-refractivity contribution in [2.45, 2.75) is 79.1 Å². The van der Waals surface area contributed by atoms with Crippen LogP contribution in [0.25, 0.3) is 132 Å². The van der Waals surface area contributed by atoms with Crippen molar-refractivity contribution in [3.8, 4) is 89.0 Å². The molecule has 0 nitrogen and oxygen atoms in total. The van der Waals surface area contributed by atoms with Crippen molar-refractivity contribution in [2.75, 3.05) is 0 Å². The van der Waals surface area contributed by atoms with E-state index in [9.17, 15) is 0 Å². The lowest BCUT2D eigenvalue weighted by atomic mass is 9.93. The normalized spacial score (nSPS) is 13.5. The number of rotatable bonds is 0. The molecule has 16 aromatic carbocycles. The molecule has 0 saturated heterocycles. The number of hydrogen-bond acceptors (Lipinski definition) is 0. The fourth-order valence-corrected chi connectivity index (χ4v) is 19.8. The Morgan fingerprint density at radius 1 is 0.170 bits per heavy atom. The molecule has 472 valence electrons. The van der Waals surface area contributed by atoms with Crippen molar-refractivity contribution < 1.29 is 0 Å². The zero-order valence-corrected chi connectivity index (χ0v) is 57.1. The fourth-order valence-electron chi connectivity index (χ4n) is 19.8. The lowest BCUT2D eigenvalue weighted by Crippen LogP contribution is -1.90. The average Bonchev–Trinajstić information content (AvgIpc) is 1.59. The van der Waals surface area contributed by atoms with E-state index in [0.29, 0.717) is 0 Å². The highest BCUT2D eigenvalue weighted by molar-refractivity contribution is 6.08. The first-order valence-electron chi connectivity index (χ1n) is 36.2. The van der Waals surface area contributed by atoms with Gasteiger partial charge >= 0.3 is 0 Å². The standard InChI is InChI=1S/4C25H18/c1-15-12-17-14-24-22(25(17)21-9-5-4-7-18(15)21)11-10-20-19-8-3-2-6-16(19)13-23(20)24;1-15-12-18-14-23-22(25(18)21-9-5-4-7-19(15)21)11-10-17-13-16-6-2-3-8-20(16)24(17)23;1-15-6-10-21-19(12-15)13-17-9-11-22-23(25(17)21)14-18-8-7-16-4-2-3-5-20(16)24(18)22;1-15-6-9-19-18(12-15)14-23-21(19)10-11-22-24(23)13-17-8-7-16-4-2-3-5-20(16)25(17)22/h4*2-12H,13-14H2,1H3. The summed E-state index contributed by atoms with van der Waals surface area (Å²) in [5, 5.41) is 11.0. The minimum atomic E-state index is 1.06. The predicted molar refractivity (Wildman–Crippen MR) is 421 cm³/mol. The van der Waals surface area contributed by atoms with E-state index in [1.165, 1.54) is 221 Å². The smallest absolute Gasteiger partial charge is 0.000685 e. The van der Waals surface area contributed by atoms with Gasteiger partial charge in [-0.25, -0.2) is 0 Å². The molecule has 0 spiro atoms. The van der Waals surface area contributed by atoms with Crippen molar-refractivity contribution in [2.24, 2.45) is 0 Å². The second-order valence-corrected chi connectivity index (χ2v) is 29.7. The van der Waals surface area contributed by atoms with E-state index in [0.717, 1.165) is 51.4 Å². The van der Waals surface area contributed by atoms with Gasteiger partial charge in [-0.3, -0.25) is 0 Å². The van der Waals surface area contributed by atoms with Crippen molar-refractivity contribution in [1.82, 2.24) is 0 Å². The third-order valence-electron chi connectivity index (χ3n) is 24.1. The zero-order valence-electron chi connectivity index (χ0n) is 57.1. The number of aryl methyl sites for hydroxylation is 4. The summed E-state index contributed by atoms with van der Waals surface area (Å²) < 4.78 is 0. The Morgan fingerprint density at radius 3 is 1.04 bits per heavy atom. The van der Waals surface area contributed by atoms with Crippen LogP contribution in [0.3, 0.4) is 0 Å². The molecule has 0 heterocycles. The fraction of sp³-hybridized carbons (Fsp3) is 0.120. The minimum Gasteiger partial charge on any atom is -0.0619 e. The first kappa shape index (κ1) is 57.6. The van der Waals surface area contributed by atoms with Gasteiger partial charge in [-0.1, -0.05) is 278 Å². The Kier molecular flexibility index (Phi) is 12.7. The van der Waals surface area contributed by atoms with Gasteiger partial charge in [-0.2, -0.15) is 0 Å². The molecule has 8 aliphatic carbocycles. The molecule has 0 bridgehead atoms. The molecular formula is C100H72. The van der Waals surface area contributed by atoms with Crippen LogP contribution in [0.1, 0.15) is 111 Å². The summed E-state index contributed by atoms with van der Waals surface area (Å²) in [6, 6.07) is 99.9. The summed E-state index contributed by atoms with van der Waals surface area (Å²) in [6.45, 7) is 8.86. The molecule has 0 aliphatic heterocycles. The highest BCUT2D eigenvalue weighted by Gasteiger charge is 2.34. The third kappa shape index (κ3) is 8.66. The molecule has 0 atom stereocenters. The van der Waals surface area contributed by atoms with Crippen molar-refractivity contribution >= 4 is 43.1 Å². The lowest BCUT2D eigenvalue weighted by Gasteiger charge is -2.11. The highest BCUT2D eigenvalue weighted by Crippen LogP contribution is 2.54. The molecule has 0 N–H and O–H groups in total. The molecule has 0 radical (unpaired) electrons. The zero-order chi connectivity index (χ0) is 66.2. The van der Waals surface area contributed by atoms with Crippen LogP contribution >= 0.6 is 0 Å². The minimum absolute atomic E-state index is 1.06. The number of benzene rings is 16. The molecule has 0 fully saturated rings. The topological polar surface area (TPSA) is 0 Å².